The van der Waals surface area contributed by atoms with Crippen molar-refractivity contribution in [3.63, 3.8) is 0 Å². The normalized spacial score (nSPS) is 13.9. The van der Waals surface area contributed by atoms with Crippen molar-refractivity contribution in [1.82, 2.24) is 9.80 Å². The Morgan fingerprint density at radius 1 is 0.914 bits per heavy atom. The van der Waals surface area contributed by atoms with Crippen molar-refractivity contribution >= 4 is 23.2 Å². The monoisotopic (exact) mass is 490 g/mol. The Morgan fingerprint density at radius 3 is 2.26 bits per heavy atom. The molecule has 3 aromatic rings. The van der Waals surface area contributed by atoms with E-state index in [-0.39, 0.29) is 24.4 Å². The number of aryl methyl sites for hydroxylation is 1. The first-order chi connectivity index (χ1) is 17.0. The summed E-state index contributed by atoms with van der Waals surface area (Å²) in [5.74, 6) is 0.606. The summed E-state index contributed by atoms with van der Waals surface area (Å²) in [6.07, 6.45) is 5.25. The number of hydrogen-bond donors (Lipinski definition) is 0. The van der Waals surface area contributed by atoms with Crippen LogP contribution in [0.5, 0.6) is 5.75 Å². The summed E-state index contributed by atoms with van der Waals surface area (Å²) < 4.78 is 5.25. The zero-order valence-corrected chi connectivity index (χ0v) is 21.4. The number of rotatable bonds is 9. The lowest BCUT2D eigenvalue weighted by atomic mass is 9.93. The van der Waals surface area contributed by atoms with Gasteiger partial charge < -0.3 is 14.5 Å². The van der Waals surface area contributed by atoms with Crippen molar-refractivity contribution < 1.29 is 14.3 Å². The second kappa shape index (κ2) is 12.0. The molecule has 35 heavy (non-hydrogen) atoms. The third-order valence-electron chi connectivity index (χ3n) is 6.63. The van der Waals surface area contributed by atoms with Gasteiger partial charge in [0.2, 0.25) is 5.91 Å². The van der Waals surface area contributed by atoms with Gasteiger partial charge in [0.1, 0.15) is 12.3 Å². The Kier molecular flexibility index (Phi) is 8.59. The lowest BCUT2D eigenvalue weighted by Gasteiger charge is -2.35. The minimum absolute atomic E-state index is 0.0210. The molecule has 5 nitrogen and oxygen atoms in total. The molecular weight excluding hydrogens is 456 g/mol. The second-order valence-electron chi connectivity index (χ2n) is 9.20. The third kappa shape index (κ3) is 6.73. The molecule has 0 N–H and O–H groups in total. The highest BCUT2D eigenvalue weighted by Crippen LogP contribution is 2.26. The SMILES string of the molecule is COc1ccc(C(=O)N(CC(=O)N(Cc2ccccc2)Cc2ccc(C)s2)C2CCCCC2)cc1. The minimum atomic E-state index is -0.0838. The van der Waals surface area contributed by atoms with Crippen LogP contribution in [0.25, 0.3) is 0 Å². The molecule has 0 unspecified atom stereocenters. The van der Waals surface area contributed by atoms with E-state index in [0.717, 1.165) is 36.1 Å². The first-order valence-electron chi connectivity index (χ1n) is 12.4. The van der Waals surface area contributed by atoms with Crippen molar-refractivity contribution in [3.05, 3.63) is 87.6 Å². The Hall–Kier alpha value is -3.12. The Bertz CT molecular complexity index is 1100. The summed E-state index contributed by atoms with van der Waals surface area (Å²) in [5, 5.41) is 0. The first-order valence-corrected chi connectivity index (χ1v) is 13.2. The van der Waals surface area contributed by atoms with Gasteiger partial charge in [-0.15, -0.1) is 11.3 Å². The molecular formula is C29H34N2O3S. The molecule has 1 heterocycles. The van der Waals surface area contributed by atoms with Crippen LogP contribution in [0.15, 0.2) is 66.7 Å². The first kappa shape index (κ1) is 25.0. The van der Waals surface area contributed by atoms with Crippen molar-refractivity contribution in [3.8, 4) is 5.75 Å². The van der Waals surface area contributed by atoms with Gasteiger partial charge >= 0.3 is 0 Å². The van der Waals surface area contributed by atoms with Crippen LogP contribution in [0.2, 0.25) is 0 Å². The predicted octanol–water partition coefficient (Wildman–Crippen LogP) is 6.07. The Balaban J connectivity index is 1.57. The van der Waals surface area contributed by atoms with E-state index >= 15 is 0 Å². The molecule has 4 rings (SSSR count). The number of ether oxygens (including phenoxy) is 1. The van der Waals surface area contributed by atoms with Crippen molar-refractivity contribution in [2.75, 3.05) is 13.7 Å². The van der Waals surface area contributed by atoms with Gasteiger partial charge in [0.25, 0.3) is 5.91 Å². The molecule has 0 radical (unpaired) electrons. The van der Waals surface area contributed by atoms with E-state index < -0.39 is 0 Å². The molecule has 2 amide bonds. The van der Waals surface area contributed by atoms with E-state index in [1.54, 1.807) is 42.7 Å². The van der Waals surface area contributed by atoms with Crippen LogP contribution >= 0.6 is 11.3 Å². The van der Waals surface area contributed by atoms with Crippen LogP contribution in [-0.2, 0) is 17.9 Å². The van der Waals surface area contributed by atoms with Crippen LogP contribution in [0.1, 0.15) is 57.8 Å². The quantitative estimate of drug-likeness (QED) is 0.366. The maximum absolute atomic E-state index is 13.8. The standard InChI is InChI=1S/C29H34N2O3S/c1-22-13-18-27(35-22)20-30(19-23-9-5-3-6-10-23)28(32)21-31(25-11-7-4-8-12-25)29(33)24-14-16-26(34-2)17-15-24/h3,5-6,9-10,13-18,25H,4,7-8,11-12,19-21H2,1-2H3. The second-order valence-corrected chi connectivity index (χ2v) is 10.6. The van der Waals surface area contributed by atoms with Gasteiger partial charge in [-0.1, -0.05) is 49.6 Å². The van der Waals surface area contributed by atoms with Crippen molar-refractivity contribution in [2.45, 2.75) is 58.2 Å². The van der Waals surface area contributed by atoms with Gasteiger partial charge in [0.15, 0.2) is 0 Å². The van der Waals surface area contributed by atoms with Crippen molar-refractivity contribution in [2.24, 2.45) is 0 Å². The summed E-state index contributed by atoms with van der Waals surface area (Å²) >= 11 is 1.71. The van der Waals surface area contributed by atoms with E-state index in [1.807, 2.05) is 40.1 Å². The molecule has 184 valence electrons. The fraction of sp³-hybridized carbons (Fsp3) is 0.379. The topological polar surface area (TPSA) is 49.9 Å². The number of nitrogens with zero attached hydrogens (tertiary/aromatic N) is 2. The zero-order valence-electron chi connectivity index (χ0n) is 20.6. The van der Waals surface area contributed by atoms with Gasteiger partial charge in [0, 0.05) is 27.9 Å². The van der Waals surface area contributed by atoms with Crippen LogP contribution in [0, 0.1) is 6.92 Å². The summed E-state index contributed by atoms with van der Waals surface area (Å²) in [6, 6.07) is 21.5. The number of carbonyl (C=O) groups is 2. The Labute approximate surface area is 212 Å². The van der Waals surface area contributed by atoms with Gasteiger partial charge in [-0.05, 0) is 61.7 Å². The summed E-state index contributed by atoms with van der Waals surface area (Å²) in [7, 11) is 1.61. The van der Waals surface area contributed by atoms with Crippen LogP contribution in [0.4, 0.5) is 0 Å². The summed E-state index contributed by atoms with van der Waals surface area (Å²) in [6.45, 7) is 3.23. The predicted molar refractivity (Wildman–Crippen MR) is 141 cm³/mol. The smallest absolute Gasteiger partial charge is 0.254 e. The zero-order chi connectivity index (χ0) is 24.6. The molecule has 6 heteroatoms. The lowest BCUT2D eigenvalue weighted by molar-refractivity contribution is -0.133. The molecule has 1 aliphatic rings. The largest absolute Gasteiger partial charge is 0.497 e. The molecule has 1 fully saturated rings. The molecule has 0 spiro atoms. The van der Waals surface area contributed by atoms with E-state index in [1.165, 1.54) is 11.3 Å². The molecule has 0 atom stereocenters. The van der Waals surface area contributed by atoms with Gasteiger partial charge in [0.05, 0.1) is 13.7 Å². The van der Waals surface area contributed by atoms with Crippen LogP contribution < -0.4 is 4.74 Å². The maximum atomic E-state index is 13.8. The summed E-state index contributed by atoms with van der Waals surface area (Å²) in [5.41, 5.74) is 1.67. The fourth-order valence-electron chi connectivity index (χ4n) is 4.70. The number of thiophene rings is 1. The third-order valence-corrected chi connectivity index (χ3v) is 7.62. The van der Waals surface area contributed by atoms with E-state index in [9.17, 15) is 9.59 Å². The van der Waals surface area contributed by atoms with E-state index in [4.69, 9.17) is 4.74 Å². The number of amides is 2. The highest BCUT2D eigenvalue weighted by molar-refractivity contribution is 7.11. The molecule has 1 aliphatic carbocycles. The average Bonchev–Trinajstić information content (AvgIpc) is 3.32. The van der Waals surface area contributed by atoms with E-state index in [2.05, 4.69) is 19.1 Å². The highest BCUT2D eigenvalue weighted by atomic mass is 32.1. The molecule has 2 aromatic carbocycles. The van der Waals surface area contributed by atoms with E-state index in [0.29, 0.717) is 24.4 Å². The van der Waals surface area contributed by atoms with Gasteiger partial charge in [-0.2, -0.15) is 0 Å². The summed E-state index contributed by atoms with van der Waals surface area (Å²) in [4.78, 5) is 33.5. The van der Waals surface area contributed by atoms with Crippen LogP contribution in [0.3, 0.4) is 0 Å². The Morgan fingerprint density at radius 2 is 1.63 bits per heavy atom. The fourth-order valence-corrected chi connectivity index (χ4v) is 5.60. The molecule has 1 saturated carbocycles. The number of hydrogen-bond acceptors (Lipinski definition) is 4. The minimum Gasteiger partial charge on any atom is -0.497 e. The maximum Gasteiger partial charge on any atom is 0.254 e. The molecule has 1 aromatic heterocycles. The van der Waals surface area contributed by atoms with Gasteiger partial charge in [-0.3, -0.25) is 9.59 Å². The number of methoxy groups -OCH3 is 1. The molecule has 0 aliphatic heterocycles. The number of benzene rings is 2. The lowest BCUT2D eigenvalue weighted by Crippen LogP contribution is -2.48. The molecule has 0 bridgehead atoms. The number of carbonyl (C=O) groups excluding carboxylic acids is 2. The molecule has 0 saturated heterocycles. The average molecular weight is 491 g/mol. The van der Waals surface area contributed by atoms with Crippen LogP contribution in [-0.4, -0.2) is 41.3 Å². The highest BCUT2D eigenvalue weighted by Gasteiger charge is 2.30. The van der Waals surface area contributed by atoms with Gasteiger partial charge in [-0.25, -0.2) is 0 Å². The van der Waals surface area contributed by atoms with Crippen molar-refractivity contribution in [1.29, 1.82) is 0 Å².